The van der Waals surface area contributed by atoms with Crippen molar-refractivity contribution in [2.75, 3.05) is 39.9 Å². The predicted molar refractivity (Wildman–Crippen MR) is 80.1 cm³/mol. The molecule has 1 saturated carbocycles. The minimum atomic E-state index is -0.619. The molecule has 0 aromatic rings. The number of ether oxygens (including phenoxy) is 1. The van der Waals surface area contributed by atoms with Gasteiger partial charge in [-0.2, -0.15) is 0 Å². The Labute approximate surface area is 126 Å². The van der Waals surface area contributed by atoms with Crippen LogP contribution in [0.3, 0.4) is 0 Å². The zero-order valence-corrected chi connectivity index (χ0v) is 12.9. The van der Waals surface area contributed by atoms with Crippen LogP contribution in [0.25, 0.3) is 0 Å². The van der Waals surface area contributed by atoms with Gasteiger partial charge >= 0.3 is 6.03 Å². The van der Waals surface area contributed by atoms with Crippen molar-refractivity contribution in [3.05, 3.63) is 0 Å². The zero-order valence-electron chi connectivity index (χ0n) is 12.9. The Kier molecular flexibility index (Phi) is 6.70. The van der Waals surface area contributed by atoms with Gasteiger partial charge in [0, 0.05) is 25.7 Å². The van der Waals surface area contributed by atoms with Crippen LogP contribution in [0.15, 0.2) is 0 Å². The molecule has 0 unspecified atom stereocenters. The largest absolute Gasteiger partial charge is 0.378 e. The molecule has 1 atom stereocenters. The van der Waals surface area contributed by atoms with Gasteiger partial charge in [-0.15, -0.1) is 0 Å². The van der Waals surface area contributed by atoms with Gasteiger partial charge in [-0.25, -0.2) is 9.18 Å². The van der Waals surface area contributed by atoms with E-state index in [0.29, 0.717) is 45.1 Å². The van der Waals surface area contributed by atoms with Gasteiger partial charge in [-0.1, -0.05) is 0 Å². The third-order valence-corrected chi connectivity index (χ3v) is 4.47. The summed E-state index contributed by atoms with van der Waals surface area (Å²) in [6.07, 6.45) is 3.54. The Bertz CT molecular complexity index is 316. The molecule has 0 bridgehead atoms. The van der Waals surface area contributed by atoms with Gasteiger partial charge in [0.15, 0.2) is 0 Å². The lowest BCUT2D eigenvalue weighted by Gasteiger charge is -2.32. The average molecular weight is 301 g/mol. The normalized spacial score (nSPS) is 28.2. The number of likely N-dealkylation sites (N-methyl/N-ethyl adjacent to an activating group) is 1. The summed E-state index contributed by atoms with van der Waals surface area (Å²) < 4.78 is 18.5. The van der Waals surface area contributed by atoms with Gasteiger partial charge in [-0.3, -0.25) is 0 Å². The maximum absolute atomic E-state index is 13.2. The number of hydrogen-bond donors (Lipinski definition) is 2. The summed E-state index contributed by atoms with van der Waals surface area (Å²) in [5.41, 5.74) is 0. The Morgan fingerprint density at radius 1 is 1.29 bits per heavy atom. The lowest BCUT2D eigenvalue weighted by atomic mass is 9.84. The first-order valence-corrected chi connectivity index (χ1v) is 8.11. The molecule has 0 aromatic heterocycles. The third kappa shape index (κ3) is 5.43. The highest BCUT2D eigenvalue weighted by Crippen LogP contribution is 2.29. The van der Waals surface area contributed by atoms with E-state index in [1.54, 1.807) is 0 Å². The van der Waals surface area contributed by atoms with Gasteiger partial charge in [-0.05, 0) is 45.1 Å². The topological polar surface area (TPSA) is 53.6 Å². The number of alkyl halides is 1. The minimum absolute atomic E-state index is 0.00210. The van der Waals surface area contributed by atoms with E-state index in [2.05, 4.69) is 10.6 Å². The quantitative estimate of drug-likeness (QED) is 0.810. The van der Waals surface area contributed by atoms with Gasteiger partial charge < -0.3 is 20.3 Å². The second kappa shape index (κ2) is 8.54. The van der Waals surface area contributed by atoms with Gasteiger partial charge in [0.25, 0.3) is 0 Å². The van der Waals surface area contributed by atoms with Crippen molar-refractivity contribution in [3.8, 4) is 0 Å². The minimum Gasteiger partial charge on any atom is -0.378 e. The molecule has 6 heteroatoms. The lowest BCUT2D eigenvalue weighted by molar-refractivity contribution is 0.0521. The van der Waals surface area contributed by atoms with Crippen LogP contribution < -0.4 is 10.6 Å². The summed E-state index contributed by atoms with van der Waals surface area (Å²) in [5, 5.41) is 6.26. The summed E-state index contributed by atoms with van der Waals surface area (Å²) >= 11 is 0. The van der Waals surface area contributed by atoms with Crippen LogP contribution in [0.5, 0.6) is 0 Å². The third-order valence-electron chi connectivity index (χ3n) is 4.47. The zero-order chi connectivity index (χ0) is 15.1. The van der Waals surface area contributed by atoms with Crippen molar-refractivity contribution in [1.82, 2.24) is 15.5 Å². The number of carbonyl (C=O) groups is 1. The molecule has 2 aliphatic rings. The molecule has 2 fully saturated rings. The van der Waals surface area contributed by atoms with E-state index in [-0.39, 0.29) is 12.1 Å². The Morgan fingerprint density at radius 2 is 1.95 bits per heavy atom. The van der Waals surface area contributed by atoms with Crippen LogP contribution in [0.4, 0.5) is 9.18 Å². The van der Waals surface area contributed by atoms with Crippen molar-refractivity contribution in [2.24, 2.45) is 5.92 Å². The summed E-state index contributed by atoms with van der Waals surface area (Å²) in [6, 6.07) is 0.115. The number of nitrogens with one attached hydrogen (secondary N) is 2. The molecule has 0 aromatic carbocycles. The SMILES string of the molecule is CNC[C@H](CC1CCC(F)CC1)NC(=O)N1CCOCC1. The van der Waals surface area contributed by atoms with Crippen LogP contribution in [-0.2, 0) is 4.74 Å². The highest BCUT2D eigenvalue weighted by molar-refractivity contribution is 5.74. The van der Waals surface area contributed by atoms with E-state index in [4.69, 9.17) is 4.74 Å². The lowest BCUT2D eigenvalue weighted by Crippen LogP contribution is -2.51. The van der Waals surface area contributed by atoms with Gasteiger partial charge in [0.2, 0.25) is 0 Å². The van der Waals surface area contributed by atoms with Crippen molar-refractivity contribution >= 4 is 6.03 Å². The van der Waals surface area contributed by atoms with Crippen molar-refractivity contribution in [1.29, 1.82) is 0 Å². The standard InChI is InChI=1S/C15H28FN3O2/c1-17-11-14(10-12-2-4-13(16)5-3-12)18-15(20)19-6-8-21-9-7-19/h12-14,17H,2-11H2,1H3,(H,18,20)/t12?,13?,14-/m0/s1. The molecule has 2 amide bonds. The number of morpholine rings is 1. The second-order valence-electron chi connectivity index (χ2n) is 6.16. The number of hydrogen-bond acceptors (Lipinski definition) is 3. The number of amides is 2. The molecule has 1 heterocycles. The van der Waals surface area contributed by atoms with Crippen molar-refractivity contribution in [2.45, 2.75) is 44.3 Å². The van der Waals surface area contributed by atoms with Gasteiger partial charge in [0.05, 0.1) is 13.2 Å². The van der Waals surface area contributed by atoms with Crippen LogP contribution in [0, 0.1) is 5.92 Å². The molecule has 1 aliphatic heterocycles. The first-order chi connectivity index (χ1) is 10.2. The highest BCUT2D eigenvalue weighted by atomic mass is 19.1. The molecule has 0 radical (unpaired) electrons. The first-order valence-electron chi connectivity index (χ1n) is 8.11. The van der Waals surface area contributed by atoms with Crippen molar-refractivity contribution in [3.63, 3.8) is 0 Å². The summed E-state index contributed by atoms with van der Waals surface area (Å²) in [7, 11) is 1.90. The molecule has 5 nitrogen and oxygen atoms in total. The fourth-order valence-corrected chi connectivity index (χ4v) is 3.23. The average Bonchev–Trinajstić information content (AvgIpc) is 2.50. The molecule has 1 saturated heterocycles. The summed E-state index contributed by atoms with van der Waals surface area (Å²) in [6.45, 7) is 3.30. The summed E-state index contributed by atoms with van der Waals surface area (Å²) in [4.78, 5) is 14.1. The predicted octanol–water partition coefficient (Wildman–Crippen LogP) is 1.53. The van der Waals surface area contributed by atoms with E-state index in [0.717, 1.165) is 25.8 Å². The molecule has 122 valence electrons. The van der Waals surface area contributed by atoms with E-state index in [9.17, 15) is 9.18 Å². The molecule has 2 rings (SSSR count). The maximum atomic E-state index is 13.2. The Balaban J connectivity index is 1.78. The highest BCUT2D eigenvalue weighted by Gasteiger charge is 2.25. The monoisotopic (exact) mass is 301 g/mol. The molecular formula is C15H28FN3O2. The maximum Gasteiger partial charge on any atom is 0.317 e. The molecule has 1 aliphatic carbocycles. The molecular weight excluding hydrogens is 273 g/mol. The van der Waals surface area contributed by atoms with Crippen LogP contribution >= 0.6 is 0 Å². The molecule has 21 heavy (non-hydrogen) atoms. The van der Waals surface area contributed by atoms with E-state index < -0.39 is 6.17 Å². The summed E-state index contributed by atoms with van der Waals surface area (Å²) in [5.74, 6) is 0.528. The number of urea groups is 1. The van der Waals surface area contributed by atoms with Crippen LogP contribution in [0.2, 0.25) is 0 Å². The van der Waals surface area contributed by atoms with E-state index >= 15 is 0 Å². The smallest absolute Gasteiger partial charge is 0.317 e. The number of halogens is 1. The Hall–Kier alpha value is -0.880. The van der Waals surface area contributed by atoms with E-state index in [1.165, 1.54) is 0 Å². The fraction of sp³-hybridized carbons (Fsp3) is 0.933. The van der Waals surface area contributed by atoms with Gasteiger partial charge in [0.1, 0.15) is 6.17 Å². The number of rotatable bonds is 5. The van der Waals surface area contributed by atoms with Crippen LogP contribution in [-0.4, -0.2) is 63.0 Å². The number of nitrogens with zero attached hydrogens (tertiary/aromatic N) is 1. The molecule has 2 N–H and O–H groups in total. The van der Waals surface area contributed by atoms with Crippen molar-refractivity contribution < 1.29 is 13.9 Å². The fourth-order valence-electron chi connectivity index (χ4n) is 3.23. The Morgan fingerprint density at radius 3 is 2.57 bits per heavy atom. The number of carbonyl (C=O) groups excluding carboxylic acids is 1. The first kappa shape index (κ1) is 16.5. The van der Waals surface area contributed by atoms with Crippen LogP contribution in [0.1, 0.15) is 32.1 Å². The molecule has 0 spiro atoms. The van der Waals surface area contributed by atoms with E-state index in [1.807, 2.05) is 11.9 Å². The second-order valence-corrected chi connectivity index (χ2v) is 6.16.